The molecule has 0 radical (unpaired) electrons. The van der Waals surface area contributed by atoms with Crippen LogP contribution in [0.5, 0.6) is 5.19 Å². The topological polar surface area (TPSA) is 64.0 Å². The number of rotatable bonds is 7. The molecule has 0 unspecified atom stereocenters. The number of piperidine rings is 1. The van der Waals surface area contributed by atoms with E-state index in [0.717, 1.165) is 55.2 Å². The monoisotopic (exact) mass is 427 g/mol. The average Bonchev–Trinajstić information content (AvgIpc) is 3.23. The minimum Gasteiger partial charge on any atom is -0.467 e. The standard InChI is InChI=1S/C22H26FN5OS/c1-3-4-16-12-25-21(26-13-16)28-9-6-17(7-10-28)15(2)29-22-27-14-19(30-22)18-5-8-24-20(23)11-18/h5,8,11-15,17H,3-4,6-7,9-10H2,1-2H3/t15-/m0/s1. The molecule has 1 saturated heterocycles. The van der Waals surface area contributed by atoms with Gasteiger partial charge in [-0.1, -0.05) is 24.7 Å². The van der Waals surface area contributed by atoms with E-state index in [9.17, 15) is 4.39 Å². The molecule has 4 rings (SSSR count). The molecule has 1 atom stereocenters. The number of thiazole rings is 1. The summed E-state index contributed by atoms with van der Waals surface area (Å²) < 4.78 is 19.5. The number of aryl methyl sites for hydroxylation is 1. The van der Waals surface area contributed by atoms with Crippen LogP contribution in [-0.4, -0.2) is 39.1 Å². The lowest BCUT2D eigenvalue weighted by Gasteiger charge is -2.34. The van der Waals surface area contributed by atoms with E-state index < -0.39 is 5.95 Å². The van der Waals surface area contributed by atoms with Crippen molar-refractivity contribution in [3.05, 3.63) is 48.4 Å². The molecule has 0 aliphatic carbocycles. The average molecular weight is 428 g/mol. The molecule has 0 N–H and O–H groups in total. The van der Waals surface area contributed by atoms with Crippen LogP contribution in [0.3, 0.4) is 0 Å². The molecule has 1 fully saturated rings. The summed E-state index contributed by atoms with van der Waals surface area (Å²) in [5.74, 6) is 0.773. The summed E-state index contributed by atoms with van der Waals surface area (Å²) in [6.07, 6.45) is 11.3. The Labute approximate surface area is 180 Å². The van der Waals surface area contributed by atoms with Gasteiger partial charge < -0.3 is 9.64 Å². The molecular formula is C22H26FN5OS. The van der Waals surface area contributed by atoms with Crippen molar-refractivity contribution in [1.29, 1.82) is 0 Å². The molecule has 1 aliphatic rings. The molecule has 6 nitrogen and oxygen atoms in total. The number of nitrogens with zero attached hydrogens (tertiary/aromatic N) is 5. The second-order valence-electron chi connectivity index (χ2n) is 7.65. The third kappa shape index (κ3) is 4.92. The van der Waals surface area contributed by atoms with Crippen LogP contribution < -0.4 is 9.64 Å². The maximum Gasteiger partial charge on any atom is 0.273 e. The summed E-state index contributed by atoms with van der Waals surface area (Å²) in [7, 11) is 0. The van der Waals surface area contributed by atoms with Gasteiger partial charge in [-0.3, -0.25) is 0 Å². The third-order valence-electron chi connectivity index (χ3n) is 5.50. The summed E-state index contributed by atoms with van der Waals surface area (Å²) >= 11 is 1.43. The summed E-state index contributed by atoms with van der Waals surface area (Å²) in [5, 5.41) is 0.618. The largest absolute Gasteiger partial charge is 0.467 e. The number of pyridine rings is 1. The lowest BCUT2D eigenvalue weighted by atomic mass is 9.92. The van der Waals surface area contributed by atoms with Crippen molar-refractivity contribution < 1.29 is 9.13 Å². The Morgan fingerprint density at radius 1 is 1.17 bits per heavy atom. The van der Waals surface area contributed by atoms with Crippen LogP contribution in [-0.2, 0) is 6.42 Å². The zero-order chi connectivity index (χ0) is 20.9. The number of anilines is 1. The van der Waals surface area contributed by atoms with Gasteiger partial charge in [-0.15, -0.1) is 0 Å². The molecule has 3 aromatic heterocycles. The van der Waals surface area contributed by atoms with Crippen molar-refractivity contribution in [2.45, 2.75) is 45.6 Å². The Hall–Kier alpha value is -2.61. The molecule has 3 aromatic rings. The SMILES string of the molecule is CCCc1cnc(N2CCC([C@H](C)Oc3ncc(-c4ccnc(F)c4)s3)CC2)nc1. The van der Waals surface area contributed by atoms with Crippen LogP contribution in [0.25, 0.3) is 10.4 Å². The van der Waals surface area contributed by atoms with E-state index in [1.165, 1.54) is 29.2 Å². The lowest BCUT2D eigenvalue weighted by Crippen LogP contribution is -2.39. The number of halogens is 1. The van der Waals surface area contributed by atoms with E-state index in [1.807, 2.05) is 12.4 Å². The van der Waals surface area contributed by atoms with E-state index in [4.69, 9.17) is 4.74 Å². The minimum absolute atomic E-state index is 0.0631. The van der Waals surface area contributed by atoms with Crippen molar-refractivity contribution in [3.63, 3.8) is 0 Å². The molecule has 8 heteroatoms. The van der Waals surface area contributed by atoms with Crippen molar-refractivity contribution >= 4 is 17.3 Å². The summed E-state index contributed by atoms with van der Waals surface area (Å²) in [4.78, 5) is 20.2. The number of hydrogen-bond donors (Lipinski definition) is 0. The first kappa shape index (κ1) is 20.7. The Morgan fingerprint density at radius 2 is 1.93 bits per heavy atom. The van der Waals surface area contributed by atoms with E-state index in [2.05, 4.69) is 38.7 Å². The smallest absolute Gasteiger partial charge is 0.273 e. The predicted molar refractivity (Wildman–Crippen MR) is 116 cm³/mol. The van der Waals surface area contributed by atoms with E-state index in [-0.39, 0.29) is 6.10 Å². The quantitative estimate of drug-likeness (QED) is 0.506. The fourth-order valence-electron chi connectivity index (χ4n) is 3.75. The van der Waals surface area contributed by atoms with Gasteiger partial charge in [0, 0.05) is 43.9 Å². The first-order valence-corrected chi connectivity index (χ1v) is 11.2. The second kappa shape index (κ2) is 9.47. The van der Waals surface area contributed by atoms with Crippen LogP contribution in [0.2, 0.25) is 0 Å². The highest BCUT2D eigenvalue weighted by atomic mass is 32.1. The normalized spacial score (nSPS) is 15.9. The van der Waals surface area contributed by atoms with Crippen LogP contribution in [0.4, 0.5) is 10.3 Å². The van der Waals surface area contributed by atoms with Gasteiger partial charge >= 0.3 is 0 Å². The second-order valence-corrected chi connectivity index (χ2v) is 8.64. The lowest BCUT2D eigenvalue weighted by molar-refractivity contribution is 0.132. The summed E-state index contributed by atoms with van der Waals surface area (Å²) in [5.41, 5.74) is 1.95. The predicted octanol–water partition coefficient (Wildman–Crippen LogP) is 4.77. The van der Waals surface area contributed by atoms with Gasteiger partial charge in [0.05, 0.1) is 4.88 Å². The van der Waals surface area contributed by atoms with Gasteiger partial charge in [0.2, 0.25) is 11.9 Å². The van der Waals surface area contributed by atoms with Crippen LogP contribution >= 0.6 is 11.3 Å². The molecule has 0 bridgehead atoms. The van der Waals surface area contributed by atoms with Gasteiger partial charge in [0.25, 0.3) is 5.19 Å². The minimum atomic E-state index is -0.493. The molecular weight excluding hydrogens is 401 g/mol. The first-order chi connectivity index (χ1) is 14.6. The van der Waals surface area contributed by atoms with Gasteiger partial charge in [-0.05, 0) is 49.3 Å². The van der Waals surface area contributed by atoms with Crippen LogP contribution in [0.1, 0.15) is 38.7 Å². The van der Waals surface area contributed by atoms with Crippen molar-refractivity contribution in [1.82, 2.24) is 19.9 Å². The molecule has 1 aliphatic heterocycles. The molecule has 30 heavy (non-hydrogen) atoms. The Kier molecular flexibility index (Phi) is 6.52. The van der Waals surface area contributed by atoms with Gasteiger partial charge in [-0.2, -0.15) is 4.39 Å². The zero-order valence-electron chi connectivity index (χ0n) is 17.3. The Balaban J connectivity index is 1.31. The molecule has 4 heterocycles. The van der Waals surface area contributed by atoms with Crippen molar-refractivity contribution in [2.75, 3.05) is 18.0 Å². The first-order valence-electron chi connectivity index (χ1n) is 10.4. The number of hydrogen-bond acceptors (Lipinski definition) is 7. The van der Waals surface area contributed by atoms with Crippen molar-refractivity contribution in [3.8, 4) is 15.6 Å². The third-order valence-corrected chi connectivity index (χ3v) is 6.44. The highest BCUT2D eigenvalue weighted by Gasteiger charge is 2.27. The van der Waals surface area contributed by atoms with E-state index >= 15 is 0 Å². The Bertz CT molecular complexity index is 956. The van der Waals surface area contributed by atoms with Crippen molar-refractivity contribution in [2.24, 2.45) is 5.92 Å². The molecule has 0 saturated carbocycles. The maximum absolute atomic E-state index is 13.4. The summed E-state index contributed by atoms with van der Waals surface area (Å²) in [6, 6.07) is 3.18. The van der Waals surface area contributed by atoms with Gasteiger partial charge in [0.15, 0.2) is 0 Å². The molecule has 0 aromatic carbocycles. The Morgan fingerprint density at radius 3 is 2.63 bits per heavy atom. The number of ether oxygens (including phenoxy) is 1. The summed E-state index contributed by atoms with van der Waals surface area (Å²) in [6.45, 7) is 6.10. The fraction of sp³-hybridized carbons (Fsp3) is 0.455. The number of aromatic nitrogens is 4. The van der Waals surface area contributed by atoms with Crippen LogP contribution in [0, 0.1) is 11.9 Å². The zero-order valence-corrected chi connectivity index (χ0v) is 18.1. The highest BCUT2D eigenvalue weighted by molar-refractivity contribution is 7.16. The van der Waals surface area contributed by atoms with E-state index in [1.54, 1.807) is 12.3 Å². The molecule has 0 amide bonds. The van der Waals surface area contributed by atoms with Crippen LogP contribution in [0.15, 0.2) is 36.9 Å². The molecule has 0 spiro atoms. The van der Waals surface area contributed by atoms with Gasteiger partial charge in [0.1, 0.15) is 6.10 Å². The highest BCUT2D eigenvalue weighted by Crippen LogP contribution is 2.33. The fourth-order valence-corrected chi connectivity index (χ4v) is 4.60. The molecule has 158 valence electrons. The van der Waals surface area contributed by atoms with Gasteiger partial charge in [-0.25, -0.2) is 19.9 Å². The van der Waals surface area contributed by atoms with E-state index in [0.29, 0.717) is 11.1 Å². The maximum atomic E-state index is 13.4.